The van der Waals surface area contributed by atoms with Crippen molar-refractivity contribution in [2.75, 3.05) is 20.3 Å². The van der Waals surface area contributed by atoms with Gasteiger partial charge < -0.3 is 18.9 Å². The first-order chi connectivity index (χ1) is 12.7. The number of esters is 1. The van der Waals surface area contributed by atoms with Crippen LogP contribution in [-0.4, -0.2) is 26.3 Å². The van der Waals surface area contributed by atoms with Crippen molar-refractivity contribution in [2.24, 2.45) is 0 Å². The minimum absolute atomic E-state index is 0.151. The van der Waals surface area contributed by atoms with E-state index in [-0.39, 0.29) is 12.6 Å². The van der Waals surface area contributed by atoms with Gasteiger partial charge in [-0.15, -0.1) is 0 Å². The van der Waals surface area contributed by atoms with Gasteiger partial charge in [0.25, 0.3) is 0 Å². The smallest absolute Gasteiger partial charge is 0.306 e. The van der Waals surface area contributed by atoms with Gasteiger partial charge in [0.2, 0.25) is 0 Å². The minimum atomic E-state index is -0.260. The number of halogens is 1. The van der Waals surface area contributed by atoms with Crippen LogP contribution < -0.4 is 14.2 Å². The number of rotatable bonds is 6. The van der Waals surface area contributed by atoms with Crippen LogP contribution in [0.1, 0.15) is 24.0 Å². The number of hydrogen-bond donors (Lipinski definition) is 0. The summed E-state index contributed by atoms with van der Waals surface area (Å²) in [6.45, 7) is 1.30. The Bertz CT molecular complexity index is 758. The van der Waals surface area contributed by atoms with E-state index < -0.39 is 0 Å². The van der Waals surface area contributed by atoms with E-state index in [1.54, 1.807) is 13.2 Å². The Morgan fingerprint density at radius 3 is 2.65 bits per heavy atom. The lowest BCUT2D eigenvalue weighted by Crippen LogP contribution is -2.06. The molecule has 0 spiro atoms. The van der Waals surface area contributed by atoms with Crippen molar-refractivity contribution >= 4 is 17.6 Å². The average Bonchev–Trinajstić information content (AvgIpc) is 2.91. The Morgan fingerprint density at radius 1 is 1.12 bits per heavy atom. The van der Waals surface area contributed by atoms with Crippen LogP contribution in [0, 0.1) is 0 Å². The zero-order valence-corrected chi connectivity index (χ0v) is 15.4. The standard InChI is InChI=1S/C20H21ClO5/c1-23-16-6-3-14(4-7-16)5-8-19(22)26-13-15-11-17(21)20-18(12-15)24-9-2-10-25-20/h3-4,6-7,11-12H,2,5,8-10,13H2,1H3. The largest absolute Gasteiger partial charge is 0.497 e. The number of hydrogen-bond acceptors (Lipinski definition) is 5. The highest BCUT2D eigenvalue weighted by atomic mass is 35.5. The fourth-order valence-electron chi connectivity index (χ4n) is 2.64. The highest BCUT2D eigenvalue weighted by molar-refractivity contribution is 6.32. The number of fused-ring (bicyclic) bond motifs is 1. The van der Waals surface area contributed by atoms with Gasteiger partial charge in [0.15, 0.2) is 11.5 Å². The molecule has 0 fully saturated rings. The van der Waals surface area contributed by atoms with Gasteiger partial charge in [-0.2, -0.15) is 0 Å². The van der Waals surface area contributed by atoms with E-state index in [1.165, 1.54) is 0 Å². The zero-order chi connectivity index (χ0) is 18.4. The van der Waals surface area contributed by atoms with Gasteiger partial charge in [-0.3, -0.25) is 4.79 Å². The molecule has 6 heteroatoms. The molecular weight excluding hydrogens is 356 g/mol. The summed E-state index contributed by atoms with van der Waals surface area (Å²) < 4.78 is 21.7. The van der Waals surface area contributed by atoms with Gasteiger partial charge in [0, 0.05) is 12.8 Å². The monoisotopic (exact) mass is 376 g/mol. The summed E-state index contributed by atoms with van der Waals surface area (Å²) in [6, 6.07) is 11.2. The topological polar surface area (TPSA) is 54.0 Å². The molecule has 0 N–H and O–H groups in total. The second kappa shape index (κ2) is 8.81. The molecule has 0 atom stereocenters. The van der Waals surface area contributed by atoms with Crippen molar-refractivity contribution in [2.45, 2.75) is 25.9 Å². The molecule has 2 aromatic rings. The quantitative estimate of drug-likeness (QED) is 0.708. The average molecular weight is 377 g/mol. The molecule has 0 bridgehead atoms. The van der Waals surface area contributed by atoms with Crippen LogP contribution in [0.25, 0.3) is 0 Å². The summed E-state index contributed by atoms with van der Waals surface area (Å²) in [7, 11) is 1.62. The number of benzene rings is 2. The van der Waals surface area contributed by atoms with Crippen LogP contribution in [0.4, 0.5) is 0 Å². The van der Waals surface area contributed by atoms with Crippen molar-refractivity contribution in [3.05, 3.63) is 52.5 Å². The normalized spacial score (nSPS) is 13.0. The lowest BCUT2D eigenvalue weighted by Gasteiger charge is -2.12. The molecule has 0 saturated heterocycles. The molecule has 2 aromatic carbocycles. The molecule has 0 saturated carbocycles. The Kier molecular flexibility index (Phi) is 6.23. The maximum Gasteiger partial charge on any atom is 0.306 e. The Balaban J connectivity index is 1.52. The minimum Gasteiger partial charge on any atom is -0.497 e. The first kappa shape index (κ1) is 18.4. The first-order valence-corrected chi connectivity index (χ1v) is 8.90. The lowest BCUT2D eigenvalue weighted by atomic mass is 10.1. The third-order valence-electron chi connectivity index (χ3n) is 4.04. The van der Waals surface area contributed by atoms with Crippen LogP contribution in [-0.2, 0) is 22.6 Å². The van der Waals surface area contributed by atoms with Crippen LogP contribution in [0.2, 0.25) is 5.02 Å². The van der Waals surface area contributed by atoms with E-state index in [2.05, 4.69) is 0 Å². The predicted molar refractivity (Wildman–Crippen MR) is 98.2 cm³/mol. The second-order valence-corrected chi connectivity index (χ2v) is 6.37. The second-order valence-electron chi connectivity index (χ2n) is 5.96. The summed E-state index contributed by atoms with van der Waals surface area (Å²) in [4.78, 5) is 12.0. The molecule has 0 aromatic heterocycles. The number of aryl methyl sites for hydroxylation is 1. The van der Waals surface area contributed by atoms with Gasteiger partial charge in [-0.05, 0) is 41.8 Å². The Labute approximate surface area is 157 Å². The van der Waals surface area contributed by atoms with Crippen molar-refractivity contribution in [3.63, 3.8) is 0 Å². The summed E-state index contributed by atoms with van der Waals surface area (Å²) in [5.74, 6) is 1.68. The number of carbonyl (C=O) groups is 1. The van der Waals surface area contributed by atoms with Crippen LogP contribution in [0.3, 0.4) is 0 Å². The Morgan fingerprint density at radius 2 is 1.88 bits per heavy atom. The molecule has 0 unspecified atom stereocenters. The molecule has 1 heterocycles. The molecular formula is C20H21ClO5. The first-order valence-electron chi connectivity index (χ1n) is 8.52. The van der Waals surface area contributed by atoms with E-state index >= 15 is 0 Å². The molecule has 5 nitrogen and oxygen atoms in total. The molecule has 0 aliphatic carbocycles. The molecule has 1 aliphatic rings. The van der Waals surface area contributed by atoms with Gasteiger partial charge in [-0.25, -0.2) is 0 Å². The molecule has 0 amide bonds. The van der Waals surface area contributed by atoms with Gasteiger partial charge in [-0.1, -0.05) is 23.7 Å². The molecule has 138 valence electrons. The zero-order valence-electron chi connectivity index (χ0n) is 14.6. The molecule has 26 heavy (non-hydrogen) atoms. The van der Waals surface area contributed by atoms with Crippen molar-refractivity contribution < 1.29 is 23.7 Å². The third kappa shape index (κ3) is 4.82. The molecule has 0 radical (unpaired) electrons. The maximum atomic E-state index is 12.0. The van der Waals surface area contributed by atoms with Crippen molar-refractivity contribution in [3.8, 4) is 17.2 Å². The van der Waals surface area contributed by atoms with E-state index in [1.807, 2.05) is 30.3 Å². The highest BCUT2D eigenvalue weighted by Crippen LogP contribution is 2.38. The summed E-state index contributed by atoms with van der Waals surface area (Å²) in [5.41, 5.74) is 1.83. The molecule has 3 rings (SSSR count). The molecule has 1 aliphatic heterocycles. The number of ether oxygens (including phenoxy) is 4. The third-order valence-corrected chi connectivity index (χ3v) is 4.32. The maximum absolute atomic E-state index is 12.0. The van der Waals surface area contributed by atoms with Crippen molar-refractivity contribution in [1.82, 2.24) is 0 Å². The highest BCUT2D eigenvalue weighted by Gasteiger charge is 2.16. The fraction of sp³-hybridized carbons (Fsp3) is 0.350. The SMILES string of the molecule is COc1ccc(CCC(=O)OCc2cc(Cl)c3c(c2)OCCCO3)cc1. The van der Waals surface area contributed by atoms with E-state index in [9.17, 15) is 4.79 Å². The Hall–Kier alpha value is -2.40. The van der Waals surface area contributed by atoms with Crippen LogP contribution in [0.15, 0.2) is 36.4 Å². The van der Waals surface area contributed by atoms with Crippen LogP contribution in [0.5, 0.6) is 17.2 Å². The number of methoxy groups -OCH3 is 1. The summed E-state index contributed by atoms with van der Waals surface area (Å²) >= 11 is 6.25. The van der Waals surface area contributed by atoms with E-state index in [0.29, 0.717) is 42.6 Å². The predicted octanol–water partition coefficient (Wildman–Crippen LogP) is 4.19. The number of carbonyl (C=O) groups excluding carboxylic acids is 1. The van der Waals surface area contributed by atoms with E-state index in [4.69, 9.17) is 30.5 Å². The van der Waals surface area contributed by atoms with Gasteiger partial charge in [0.1, 0.15) is 12.4 Å². The van der Waals surface area contributed by atoms with Gasteiger partial charge in [0.05, 0.1) is 25.3 Å². The summed E-state index contributed by atoms with van der Waals surface area (Å²) in [6.07, 6.45) is 1.73. The van der Waals surface area contributed by atoms with Crippen molar-refractivity contribution in [1.29, 1.82) is 0 Å². The van der Waals surface area contributed by atoms with E-state index in [0.717, 1.165) is 23.3 Å². The van der Waals surface area contributed by atoms with Gasteiger partial charge >= 0.3 is 5.97 Å². The van der Waals surface area contributed by atoms with Crippen LogP contribution >= 0.6 is 11.6 Å². The lowest BCUT2D eigenvalue weighted by molar-refractivity contribution is -0.144. The fourth-order valence-corrected chi connectivity index (χ4v) is 2.93. The summed E-state index contributed by atoms with van der Waals surface area (Å²) in [5, 5.41) is 0.466.